The van der Waals surface area contributed by atoms with E-state index in [9.17, 15) is 72.3 Å². The number of halogens is 12. The third kappa shape index (κ3) is 14.3. The quantitative estimate of drug-likeness (QED) is 0.0270. The van der Waals surface area contributed by atoms with Crippen molar-refractivity contribution in [2.75, 3.05) is 19.8 Å². The van der Waals surface area contributed by atoms with Crippen LogP contribution in [0.3, 0.4) is 0 Å². The maximum absolute atomic E-state index is 13.4. The standard InChI is InChI=1S/C26H26F6N4O3.C26H25F6N3O3.C2H6O/c1-17(18-11-20(25(27,28)29)13-21(12-18)26(30,31)32)39-15-23(19-5-3-2-4-6-19)7-9-24(10-8-23,14-34-38)36-16-33-35-22(36)37;1-17(18-11-20(25(27,28)29)13-21(12-18)26(30,31)32)38-15-23(19-5-3-2-4-6-19)7-9-24(14-36,10-8-23)35-16-33-34-22(35)37;1-2-3/h2-6,11-14,16-17,38H,7-10,15H2,1H3,(H,35,37);2-6,11-14,16-17H,7-10,15H2,1H3,(H,34,37);3H,2H2,1H3/b34-14+;;/t2*17-,23?,24?;/m11./s1. The lowest BCUT2D eigenvalue weighted by molar-refractivity contribution is -0.145. The average molecular weight is 1140 g/mol. The first-order valence-electron chi connectivity index (χ1n) is 24.9. The van der Waals surface area contributed by atoms with Gasteiger partial charge < -0.3 is 24.6 Å². The first-order chi connectivity index (χ1) is 37.5. The maximum atomic E-state index is 13.4. The molecule has 0 radical (unpaired) electrons. The topological polar surface area (TPSA) is 190 Å². The number of alkyl halides is 12. The van der Waals surface area contributed by atoms with Crippen molar-refractivity contribution in [2.45, 2.75) is 131 Å². The van der Waals surface area contributed by atoms with E-state index in [1.54, 1.807) is 6.92 Å². The number of nitrogens with one attached hydrogen (secondary N) is 2. The summed E-state index contributed by atoms with van der Waals surface area (Å²) in [6, 6.07) is 21.2. The van der Waals surface area contributed by atoms with Gasteiger partial charge in [-0.05, 0) is 131 Å². The zero-order valence-electron chi connectivity index (χ0n) is 43.2. The van der Waals surface area contributed by atoms with Gasteiger partial charge >= 0.3 is 36.1 Å². The molecule has 14 nitrogen and oxygen atoms in total. The Morgan fingerprint density at radius 1 is 0.575 bits per heavy atom. The van der Waals surface area contributed by atoms with Crippen molar-refractivity contribution < 1.29 is 77.3 Å². The van der Waals surface area contributed by atoms with Crippen LogP contribution in [0, 0.1) is 0 Å². The first-order valence-corrected chi connectivity index (χ1v) is 24.9. The number of benzene rings is 4. The maximum Gasteiger partial charge on any atom is 0.416 e. The first kappa shape index (κ1) is 62.1. The van der Waals surface area contributed by atoms with E-state index in [1.807, 2.05) is 60.7 Å². The highest BCUT2D eigenvalue weighted by Crippen LogP contribution is 2.49. The molecule has 2 saturated carbocycles. The zero-order chi connectivity index (χ0) is 59.0. The number of H-pyrrole nitrogens is 2. The summed E-state index contributed by atoms with van der Waals surface area (Å²) in [4.78, 5) is 36.6. The van der Waals surface area contributed by atoms with Crippen LogP contribution in [0.1, 0.15) is 129 Å². The predicted molar refractivity (Wildman–Crippen MR) is 266 cm³/mol. The van der Waals surface area contributed by atoms with Crippen molar-refractivity contribution in [3.63, 3.8) is 0 Å². The van der Waals surface area contributed by atoms with Crippen molar-refractivity contribution >= 4 is 12.5 Å². The number of hydrogen-bond donors (Lipinski definition) is 4. The molecule has 2 aromatic heterocycles. The number of ether oxygens (including phenoxy) is 2. The molecule has 2 fully saturated rings. The summed E-state index contributed by atoms with van der Waals surface area (Å²) < 4.78 is 175. The summed E-state index contributed by atoms with van der Waals surface area (Å²) in [6.07, 6.45) is -14.8. The zero-order valence-corrected chi connectivity index (χ0v) is 43.2. The summed E-state index contributed by atoms with van der Waals surface area (Å²) in [5, 5.41) is 32.1. The number of carbonyl (C=O) groups excluding carboxylic acids is 1. The summed E-state index contributed by atoms with van der Waals surface area (Å²) in [5.41, 5.74) is -8.90. The largest absolute Gasteiger partial charge is 0.416 e. The lowest BCUT2D eigenvalue weighted by Gasteiger charge is -2.45. The Bertz CT molecular complexity index is 3050. The molecule has 0 spiro atoms. The number of rotatable bonds is 14. The molecule has 0 saturated heterocycles. The van der Waals surface area contributed by atoms with E-state index < -0.39 is 92.5 Å². The van der Waals surface area contributed by atoms with Gasteiger partial charge in [-0.3, -0.25) is 9.13 Å². The smallest absolute Gasteiger partial charge is 0.411 e. The molecule has 4 aromatic carbocycles. The number of oxime groups is 1. The normalized spacial score (nSPS) is 22.6. The highest BCUT2D eigenvalue weighted by molar-refractivity contribution is 5.68. The summed E-state index contributed by atoms with van der Waals surface area (Å²) in [6.45, 7) is 4.70. The number of aromatic nitrogens is 6. The highest BCUT2D eigenvalue weighted by Gasteiger charge is 2.48. The van der Waals surface area contributed by atoms with Crippen LogP contribution >= 0.6 is 0 Å². The number of nitrogens with zero attached hydrogens (tertiary/aromatic N) is 5. The molecule has 2 aliphatic rings. The number of aldehydes is 1. The Hall–Kier alpha value is -7.06. The summed E-state index contributed by atoms with van der Waals surface area (Å²) in [5.74, 6) is 0. The summed E-state index contributed by atoms with van der Waals surface area (Å²) in [7, 11) is 0. The fourth-order valence-electron chi connectivity index (χ4n) is 10.2. The molecule has 0 amide bonds. The van der Waals surface area contributed by atoms with Gasteiger partial charge in [-0.2, -0.15) is 62.9 Å². The van der Waals surface area contributed by atoms with Gasteiger partial charge in [0.05, 0.1) is 59.4 Å². The summed E-state index contributed by atoms with van der Waals surface area (Å²) >= 11 is 0. The Labute approximate surface area is 449 Å². The second kappa shape index (κ2) is 24.8. The number of carbonyl (C=O) groups is 1. The van der Waals surface area contributed by atoms with Crippen LogP contribution in [0.15, 0.2) is 124 Å². The Morgan fingerprint density at radius 3 is 1.16 bits per heavy atom. The lowest BCUT2D eigenvalue weighted by atomic mass is 9.64. The van der Waals surface area contributed by atoms with Crippen LogP contribution in [0.25, 0.3) is 0 Å². The fourth-order valence-corrected chi connectivity index (χ4v) is 10.2. The van der Waals surface area contributed by atoms with Crippen molar-refractivity contribution in [1.29, 1.82) is 0 Å². The van der Waals surface area contributed by atoms with E-state index in [0.717, 1.165) is 11.1 Å². The molecule has 0 unspecified atom stereocenters. The van der Waals surface area contributed by atoms with E-state index in [0.29, 0.717) is 69.1 Å². The van der Waals surface area contributed by atoms with Crippen LogP contribution in [0.4, 0.5) is 52.7 Å². The van der Waals surface area contributed by atoms with Gasteiger partial charge in [-0.15, -0.1) is 0 Å². The Balaban J connectivity index is 0.000000246. The third-order valence-electron chi connectivity index (χ3n) is 14.9. The van der Waals surface area contributed by atoms with E-state index in [2.05, 4.69) is 25.6 Å². The lowest BCUT2D eigenvalue weighted by Crippen LogP contribution is -2.49. The van der Waals surface area contributed by atoms with Gasteiger partial charge in [0.15, 0.2) is 0 Å². The molecule has 434 valence electrons. The van der Waals surface area contributed by atoms with Crippen LogP contribution < -0.4 is 11.4 Å². The molecular weight excluding hydrogens is 1090 g/mol. The second-order valence-corrected chi connectivity index (χ2v) is 19.8. The van der Waals surface area contributed by atoms with Crippen LogP contribution in [-0.2, 0) is 60.9 Å². The van der Waals surface area contributed by atoms with Gasteiger partial charge in [0.2, 0.25) is 0 Å². The van der Waals surface area contributed by atoms with Crippen LogP contribution in [0.2, 0.25) is 0 Å². The molecule has 8 rings (SSSR count). The van der Waals surface area contributed by atoms with Gasteiger partial charge in [0.25, 0.3) is 0 Å². The van der Waals surface area contributed by atoms with Gasteiger partial charge in [0.1, 0.15) is 24.5 Å². The minimum absolute atomic E-state index is 0.0115. The molecule has 0 aliphatic heterocycles. The van der Waals surface area contributed by atoms with Gasteiger partial charge in [-0.1, -0.05) is 65.8 Å². The minimum atomic E-state index is -4.97. The average Bonchev–Trinajstić information content (AvgIpc) is 4.21. The number of hydrogen-bond acceptors (Lipinski definition) is 10. The van der Waals surface area contributed by atoms with Crippen molar-refractivity contribution in [1.82, 2.24) is 29.5 Å². The van der Waals surface area contributed by atoms with E-state index >= 15 is 0 Å². The molecule has 0 bridgehead atoms. The highest BCUT2D eigenvalue weighted by atomic mass is 19.4. The molecule has 26 heteroatoms. The number of aliphatic hydroxyl groups excluding tert-OH is 1. The van der Waals surface area contributed by atoms with E-state index in [4.69, 9.17) is 14.6 Å². The molecule has 2 heterocycles. The third-order valence-corrected chi connectivity index (χ3v) is 14.9. The van der Waals surface area contributed by atoms with Gasteiger partial charge in [0, 0.05) is 17.4 Å². The van der Waals surface area contributed by atoms with E-state index in [-0.39, 0.29) is 55.9 Å². The van der Waals surface area contributed by atoms with Crippen molar-refractivity contribution in [2.24, 2.45) is 5.16 Å². The molecular formula is C54H57F12N7O7. The minimum Gasteiger partial charge on any atom is -0.411 e. The number of aromatic amines is 2. The Kier molecular flexibility index (Phi) is 19.2. The van der Waals surface area contributed by atoms with Crippen LogP contribution in [-0.4, -0.2) is 72.2 Å². The fraction of sp³-hybridized carbons (Fsp3) is 0.444. The SMILES string of the molecule is CCO.C[C@@H](OCC1(c2ccccc2)CCC(/C=N/O)(n2cn[nH]c2=O)CC1)c1cc(C(F)(F)F)cc(C(F)(F)F)c1.C[C@@H](OCC1(c2ccccc2)CCC(C=O)(n2cn[nH]c2=O)CC1)c1cc(C(F)(F)F)cc(C(F)(F)F)c1. The second-order valence-electron chi connectivity index (χ2n) is 19.8. The molecule has 4 N–H and O–H groups in total. The monoisotopic (exact) mass is 1140 g/mol. The molecule has 2 aliphatic carbocycles. The molecule has 80 heavy (non-hydrogen) atoms. The molecule has 2 atom stereocenters. The van der Waals surface area contributed by atoms with Crippen LogP contribution in [0.5, 0.6) is 0 Å². The molecule has 6 aromatic rings. The van der Waals surface area contributed by atoms with Gasteiger partial charge in [-0.25, -0.2) is 19.8 Å². The van der Waals surface area contributed by atoms with Crippen molar-refractivity contribution in [3.8, 4) is 0 Å². The number of aliphatic hydroxyl groups is 1. The van der Waals surface area contributed by atoms with E-state index in [1.165, 1.54) is 41.9 Å². The van der Waals surface area contributed by atoms with Crippen molar-refractivity contribution in [3.05, 3.63) is 175 Å². The Morgan fingerprint density at radius 2 is 0.887 bits per heavy atom. The predicted octanol–water partition coefficient (Wildman–Crippen LogP) is 11.8.